The largest absolute Gasteiger partial charge is 0.459 e. The highest BCUT2D eigenvalue weighted by Gasteiger charge is 2.18. The van der Waals surface area contributed by atoms with Gasteiger partial charge < -0.3 is 14.2 Å². The van der Waals surface area contributed by atoms with Gasteiger partial charge in [-0.1, -0.05) is 6.92 Å². The zero-order chi connectivity index (χ0) is 17.1. The number of oxazole rings is 1. The average Bonchev–Trinajstić information content (AvgIpc) is 3.27. The fourth-order valence-corrected chi connectivity index (χ4v) is 3.14. The molecule has 0 spiro atoms. The average molecular weight is 345 g/mol. The van der Waals surface area contributed by atoms with Gasteiger partial charge in [0.25, 0.3) is 5.89 Å². The lowest BCUT2D eigenvalue weighted by Crippen LogP contribution is -2.28. The number of aryl methyl sites for hydroxylation is 2. The van der Waals surface area contributed by atoms with Crippen molar-refractivity contribution >= 4 is 17.2 Å². The lowest BCUT2D eigenvalue weighted by molar-refractivity contribution is -0.121. The summed E-state index contributed by atoms with van der Waals surface area (Å²) in [6, 6.07) is 3.40. The highest BCUT2D eigenvalue weighted by atomic mass is 32.1. The molecule has 0 saturated heterocycles. The maximum Gasteiger partial charge on any atom is 0.263 e. The topological polar surface area (TPSA) is 81.2 Å². The molecule has 24 heavy (non-hydrogen) atoms. The molecule has 6 nitrogen and oxygen atoms in total. The monoisotopic (exact) mass is 345 g/mol. The van der Waals surface area contributed by atoms with Crippen molar-refractivity contribution in [2.45, 2.75) is 39.7 Å². The van der Waals surface area contributed by atoms with Crippen molar-refractivity contribution in [2.24, 2.45) is 0 Å². The van der Waals surface area contributed by atoms with Crippen LogP contribution in [0.3, 0.4) is 0 Å². The van der Waals surface area contributed by atoms with Gasteiger partial charge in [0, 0.05) is 5.38 Å². The summed E-state index contributed by atoms with van der Waals surface area (Å²) in [4.78, 5) is 21.1. The number of carbonyl (C=O) groups excluding carboxylic acids is 1. The molecular weight excluding hydrogens is 326 g/mol. The molecule has 1 N–H and O–H groups in total. The van der Waals surface area contributed by atoms with Gasteiger partial charge in [0.15, 0.2) is 5.76 Å². The smallest absolute Gasteiger partial charge is 0.263 e. The zero-order valence-electron chi connectivity index (χ0n) is 13.8. The highest BCUT2D eigenvalue weighted by molar-refractivity contribution is 7.09. The van der Waals surface area contributed by atoms with E-state index in [0.717, 1.165) is 17.1 Å². The van der Waals surface area contributed by atoms with Gasteiger partial charge in [0.1, 0.15) is 5.76 Å². The van der Waals surface area contributed by atoms with Crippen LogP contribution in [-0.4, -0.2) is 15.9 Å². The van der Waals surface area contributed by atoms with E-state index in [9.17, 15) is 4.79 Å². The summed E-state index contributed by atoms with van der Waals surface area (Å²) in [5, 5.41) is 6.01. The van der Waals surface area contributed by atoms with Gasteiger partial charge in [0.2, 0.25) is 5.91 Å². The Bertz CT molecular complexity index is 820. The molecule has 0 aliphatic carbocycles. The summed E-state index contributed by atoms with van der Waals surface area (Å²) in [6.07, 6.45) is 2.62. The van der Waals surface area contributed by atoms with E-state index < -0.39 is 0 Å². The fraction of sp³-hybridized carbons (Fsp3) is 0.353. The van der Waals surface area contributed by atoms with E-state index in [0.29, 0.717) is 23.1 Å². The molecule has 0 bridgehead atoms. The summed E-state index contributed by atoms with van der Waals surface area (Å²) in [5.74, 6) is 1.44. The molecule has 7 heteroatoms. The second-order valence-corrected chi connectivity index (χ2v) is 6.43. The first-order valence-electron chi connectivity index (χ1n) is 7.80. The number of amides is 1. The number of rotatable bonds is 6. The van der Waals surface area contributed by atoms with E-state index in [4.69, 9.17) is 8.83 Å². The van der Waals surface area contributed by atoms with Crippen LogP contribution in [0.5, 0.6) is 0 Å². The quantitative estimate of drug-likeness (QED) is 0.737. The van der Waals surface area contributed by atoms with E-state index >= 15 is 0 Å². The molecular formula is C17H19N3O3S. The molecule has 3 rings (SSSR count). The van der Waals surface area contributed by atoms with E-state index in [-0.39, 0.29) is 18.4 Å². The lowest BCUT2D eigenvalue weighted by Gasteiger charge is -2.11. The van der Waals surface area contributed by atoms with Crippen molar-refractivity contribution in [3.8, 4) is 11.7 Å². The van der Waals surface area contributed by atoms with E-state index in [2.05, 4.69) is 22.2 Å². The number of hydrogen-bond acceptors (Lipinski definition) is 6. The van der Waals surface area contributed by atoms with Crippen LogP contribution < -0.4 is 5.32 Å². The molecule has 0 aliphatic rings. The molecule has 3 heterocycles. The van der Waals surface area contributed by atoms with Crippen molar-refractivity contribution in [1.29, 1.82) is 0 Å². The predicted molar refractivity (Wildman–Crippen MR) is 90.7 cm³/mol. The Morgan fingerprint density at radius 3 is 2.92 bits per heavy atom. The van der Waals surface area contributed by atoms with Crippen LogP contribution in [0.4, 0.5) is 0 Å². The van der Waals surface area contributed by atoms with Gasteiger partial charge in [0.05, 0.1) is 35.1 Å². The van der Waals surface area contributed by atoms with Crippen LogP contribution in [0.15, 0.2) is 32.6 Å². The first-order chi connectivity index (χ1) is 11.6. The van der Waals surface area contributed by atoms with Crippen LogP contribution in [0, 0.1) is 6.92 Å². The van der Waals surface area contributed by atoms with Crippen molar-refractivity contribution in [3.63, 3.8) is 0 Å². The summed E-state index contributed by atoms with van der Waals surface area (Å²) >= 11 is 1.61. The van der Waals surface area contributed by atoms with E-state index in [1.165, 1.54) is 0 Å². The Kier molecular flexibility index (Phi) is 4.80. The molecule has 0 saturated carbocycles. The number of aromatic nitrogens is 2. The van der Waals surface area contributed by atoms with E-state index in [1.54, 1.807) is 36.7 Å². The number of hydrogen-bond donors (Lipinski definition) is 1. The minimum Gasteiger partial charge on any atom is -0.459 e. The van der Waals surface area contributed by atoms with Crippen LogP contribution in [0.2, 0.25) is 0 Å². The summed E-state index contributed by atoms with van der Waals surface area (Å²) < 4.78 is 10.8. The van der Waals surface area contributed by atoms with Crippen LogP contribution >= 0.6 is 11.3 Å². The molecule has 1 unspecified atom stereocenters. The van der Waals surface area contributed by atoms with Gasteiger partial charge in [-0.3, -0.25) is 4.79 Å². The maximum absolute atomic E-state index is 12.3. The Hall–Kier alpha value is -2.41. The normalized spacial score (nSPS) is 12.3. The van der Waals surface area contributed by atoms with Gasteiger partial charge in [-0.15, -0.1) is 11.3 Å². The molecule has 1 atom stereocenters. The molecule has 126 valence electrons. The number of nitrogens with zero attached hydrogens (tertiary/aromatic N) is 2. The number of nitrogens with one attached hydrogen (secondary N) is 1. The molecule has 1 amide bonds. The van der Waals surface area contributed by atoms with Crippen molar-refractivity contribution < 1.29 is 13.6 Å². The molecule has 0 aliphatic heterocycles. The van der Waals surface area contributed by atoms with Crippen molar-refractivity contribution in [1.82, 2.24) is 15.3 Å². The fourth-order valence-electron chi connectivity index (χ4n) is 2.30. The van der Waals surface area contributed by atoms with Crippen molar-refractivity contribution in [2.75, 3.05) is 0 Å². The maximum atomic E-state index is 12.3. The second-order valence-electron chi connectivity index (χ2n) is 5.48. The summed E-state index contributed by atoms with van der Waals surface area (Å²) in [7, 11) is 0. The summed E-state index contributed by atoms with van der Waals surface area (Å²) in [6.45, 7) is 5.78. The van der Waals surface area contributed by atoms with Crippen molar-refractivity contribution in [3.05, 3.63) is 45.9 Å². The molecule has 3 aromatic heterocycles. The Morgan fingerprint density at radius 1 is 1.42 bits per heavy atom. The molecule has 0 radical (unpaired) electrons. The Balaban J connectivity index is 1.64. The van der Waals surface area contributed by atoms with Gasteiger partial charge in [-0.2, -0.15) is 0 Å². The first-order valence-corrected chi connectivity index (χ1v) is 8.68. The molecule has 3 aromatic rings. The number of furan rings is 1. The third kappa shape index (κ3) is 3.56. The SMILES string of the molecule is CCc1nc(C(C)NC(=O)Cc2nc(-c3ccco3)oc2C)cs1. The third-order valence-corrected chi connectivity index (χ3v) is 4.66. The highest BCUT2D eigenvalue weighted by Crippen LogP contribution is 2.22. The van der Waals surface area contributed by atoms with Gasteiger partial charge >= 0.3 is 0 Å². The van der Waals surface area contributed by atoms with Crippen LogP contribution in [0.25, 0.3) is 11.7 Å². The predicted octanol–water partition coefficient (Wildman–Crippen LogP) is 3.68. The lowest BCUT2D eigenvalue weighted by atomic mass is 10.2. The Morgan fingerprint density at radius 2 is 2.25 bits per heavy atom. The van der Waals surface area contributed by atoms with Gasteiger partial charge in [-0.25, -0.2) is 9.97 Å². The number of carbonyl (C=O) groups is 1. The van der Waals surface area contributed by atoms with Gasteiger partial charge in [-0.05, 0) is 32.4 Å². The minimum absolute atomic E-state index is 0.115. The summed E-state index contributed by atoms with van der Waals surface area (Å²) in [5.41, 5.74) is 1.50. The molecule has 0 aromatic carbocycles. The minimum atomic E-state index is -0.134. The van der Waals surface area contributed by atoms with E-state index in [1.807, 2.05) is 12.3 Å². The van der Waals surface area contributed by atoms with Crippen LogP contribution in [-0.2, 0) is 17.6 Å². The zero-order valence-corrected chi connectivity index (χ0v) is 14.6. The van der Waals surface area contributed by atoms with Crippen LogP contribution in [0.1, 0.15) is 42.0 Å². The molecule has 0 fully saturated rings. The standard InChI is InChI=1S/C17H19N3O3S/c1-4-16-19-13(9-24-16)10(2)18-15(21)8-12-11(3)23-17(20-12)14-6-5-7-22-14/h5-7,9-10H,4,8H2,1-3H3,(H,18,21). The Labute approximate surface area is 143 Å². The first kappa shape index (κ1) is 16.4. The third-order valence-electron chi connectivity index (χ3n) is 3.65. The number of thiazole rings is 1. The second kappa shape index (κ2) is 7.00.